The van der Waals surface area contributed by atoms with Gasteiger partial charge in [0.2, 0.25) is 0 Å². The van der Waals surface area contributed by atoms with E-state index in [4.69, 9.17) is 0 Å². The molecule has 3 heteroatoms. The van der Waals surface area contributed by atoms with Crippen LogP contribution in [0.2, 0.25) is 0 Å². The number of aromatic nitrogens is 2. The van der Waals surface area contributed by atoms with Crippen LogP contribution in [-0.2, 0) is 0 Å². The molecule has 0 amide bonds. The summed E-state index contributed by atoms with van der Waals surface area (Å²) in [5.41, 5.74) is 3.10. The van der Waals surface area contributed by atoms with E-state index in [0.29, 0.717) is 16.2 Å². The molecule has 5 aliphatic carbocycles. The van der Waals surface area contributed by atoms with Crippen molar-refractivity contribution in [3.05, 3.63) is 24.8 Å². The molecule has 1 heterocycles. The van der Waals surface area contributed by atoms with E-state index in [-0.39, 0.29) is 0 Å². The van der Waals surface area contributed by atoms with E-state index in [1.807, 2.05) is 12.5 Å². The van der Waals surface area contributed by atoms with Crippen molar-refractivity contribution in [2.75, 3.05) is 7.05 Å². The number of hydrogen-bond donors (Lipinski definition) is 1. The monoisotopic (exact) mass is 351 g/mol. The quantitative estimate of drug-likeness (QED) is 0.845. The largest absolute Gasteiger partial charge is 0.316 e. The molecule has 0 saturated heterocycles. The van der Waals surface area contributed by atoms with Crippen molar-refractivity contribution in [2.24, 2.45) is 39.9 Å². The first-order valence-electron chi connectivity index (χ1n) is 10.9. The first kappa shape index (κ1) is 15.9. The molecule has 140 valence electrons. The summed E-state index contributed by atoms with van der Waals surface area (Å²) in [4.78, 5) is 4.32. The number of rotatable bonds is 2. The maximum Gasteiger partial charge on any atom is 0.0989 e. The molecule has 6 rings (SSSR count). The lowest BCUT2D eigenvalue weighted by atomic mass is 9.45. The second-order valence-corrected chi connectivity index (χ2v) is 10.6. The van der Waals surface area contributed by atoms with E-state index in [2.05, 4.69) is 48.0 Å². The number of allylic oxidation sites excluding steroid dienone is 2. The van der Waals surface area contributed by atoms with E-state index in [1.54, 1.807) is 0 Å². The minimum Gasteiger partial charge on any atom is -0.316 e. The van der Waals surface area contributed by atoms with Crippen molar-refractivity contribution < 1.29 is 0 Å². The Morgan fingerprint density at radius 1 is 1.19 bits per heavy atom. The van der Waals surface area contributed by atoms with Crippen LogP contribution in [0.15, 0.2) is 24.8 Å². The van der Waals surface area contributed by atoms with Gasteiger partial charge in [-0.3, -0.25) is 0 Å². The van der Waals surface area contributed by atoms with Crippen LogP contribution in [-0.4, -0.2) is 22.6 Å². The summed E-state index contributed by atoms with van der Waals surface area (Å²) in [6.45, 7) is 5.26. The maximum absolute atomic E-state index is 4.32. The average Bonchev–Trinajstić information content (AvgIpc) is 2.95. The van der Waals surface area contributed by atoms with Gasteiger partial charge in [-0.1, -0.05) is 19.9 Å². The van der Waals surface area contributed by atoms with Gasteiger partial charge < -0.3 is 9.88 Å². The van der Waals surface area contributed by atoms with Crippen LogP contribution in [0.5, 0.6) is 0 Å². The zero-order chi connectivity index (χ0) is 17.7. The first-order valence-corrected chi connectivity index (χ1v) is 10.9. The first-order chi connectivity index (χ1) is 12.5. The Morgan fingerprint density at radius 3 is 2.81 bits per heavy atom. The average molecular weight is 352 g/mol. The summed E-state index contributed by atoms with van der Waals surface area (Å²) in [5.74, 6) is 3.69. The Bertz CT molecular complexity index is 766. The van der Waals surface area contributed by atoms with E-state index in [1.165, 1.54) is 50.6 Å². The highest BCUT2D eigenvalue weighted by Crippen LogP contribution is 2.81. The van der Waals surface area contributed by atoms with E-state index in [0.717, 1.165) is 29.7 Å². The van der Waals surface area contributed by atoms with Crippen molar-refractivity contribution in [3.8, 4) is 0 Å². The Kier molecular flexibility index (Phi) is 2.96. The zero-order valence-corrected chi connectivity index (χ0v) is 16.5. The molecule has 26 heavy (non-hydrogen) atoms. The summed E-state index contributed by atoms with van der Waals surface area (Å²) in [6, 6.07) is 0.751. The summed E-state index contributed by atoms with van der Waals surface area (Å²) >= 11 is 0. The van der Waals surface area contributed by atoms with Gasteiger partial charge in [0, 0.05) is 29.5 Å². The van der Waals surface area contributed by atoms with Gasteiger partial charge in [-0.05, 0) is 86.5 Å². The molecule has 4 fully saturated rings. The number of nitrogens with one attached hydrogen (secondary N) is 1. The molecule has 0 aromatic carbocycles. The summed E-state index contributed by atoms with van der Waals surface area (Å²) in [7, 11) is 2.24. The second kappa shape index (κ2) is 4.84. The van der Waals surface area contributed by atoms with Crippen molar-refractivity contribution in [1.29, 1.82) is 0 Å². The standard InChI is InChI=1S/C23H33N3/c1-21-8-7-18-16(17(21)4-5-20(21)26-11-10-25-14-26)12-19(24-3)23-13-15(23)6-9-22(18,23)2/h5,10-11,14-19,24H,4,6-9,12-13H2,1-3H3/t15?,16?,17?,18?,19?,21-,22+,23?/m0/s1. The predicted octanol–water partition coefficient (Wildman–Crippen LogP) is 4.57. The van der Waals surface area contributed by atoms with E-state index in [9.17, 15) is 0 Å². The highest BCUT2D eigenvalue weighted by Gasteiger charge is 2.76. The predicted molar refractivity (Wildman–Crippen MR) is 104 cm³/mol. The smallest absolute Gasteiger partial charge is 0.0989 e. The van der Waals surface area contributed by atoms with Crippen LogP contribution < -0.4 is 5.32 Å². The molecule has 5 aliphatic rings. The molecule has 4 saturated carbocycles. The molecule has 1 spiro atoms. The van der Waals surface area contributed by atoms with Crippen LogP contribution in [0.3, 0.4) is 0 Å². The minimum absolute atomic E-state index is 0.336. The van der Waals surface area contributed by atoms with Crippen LogP contribution in [0, 0.1) is 39.9 Å². The fraction of sp³-hybridized carbons (Fsp3) is 0.783. The lowest BCUT2D eigenvalue weighted by Gasteiger charge is -2.60. The van der Waals surface area contributed by atoms with Gasteiger partial charge in [-0.15, -0.1) is 0 Å². The van der Waals surface area contributed by atoms with Crippen molar-refractivity contribution in [3.63, 3.8) is 0 Å². The number of nitrogens with zero attached hydrogens (tertiary/aromatic N) is 2. The molecule has 0 aliphatic heterocycles. The molecule has 1 aromatic rings. The van der Waals surface area contributed by atoms with Crippen LogP contribution in [0.1, 0.15) is 58.8 Å². The van der Waals surface area contributed by atoms with Gasteiger partial charge in [-0.25, -0.2) is 4.98 Å². The SMILES string of the molecule is CNC1CC2C3CC=C(n4ccnc4)[C@@]3(C)CCC2[C@@]2(C)CCC3CC312. The normalized spacial score (nSPS) is 54.1. The van der Waals surface area contributed by atoms with Crippen molar-refractivity contribution in [2.45, 2.75) is 64.8 Å². The molecule has 1 aromatic heterocycles. The molecule has 0 radical (unpaired) electrons. The molecule has 1 N–H and O–H groups in total. The summed E-state index contributed by atoms with van der Waals surface area (Å²) in [5, 5.41) is 3.81. The van der Waals surface area contributed by atoms with Gasteiger partial charge in [-0.2, -0.15) is 0 Å². The summed E-state index contributed by atoms with van der Waals surface area (Å²) in [6.07, 6.45) is 18.6. The fourth-order valence-corrected chi connectivity index (χ4v) is 9.08. The zero-order valence-electron chi connectivity index (χ0n) is 16.5. The molecular formula is C23H33N3. The Labute approximate surface area is 157 Å². The molecule has 6 unspecified atom stereocenters. The molecule has 3 nitrogen and oxygen atoms in total. The Balaban J connectivity index is 1.38. The lowest BCUT2D eigenvalue weighted by Crippen LogP contribution is -2.59. The number of hydrogen-bond acceptors (Lipinski definition) is 2. The second-order valence-electron chi connectivity index (χ2n) is 10.6. The highest BCUT2D eigenvalue weighted by molar-refractivity contribution is 5.56. The topological polar surface area (TPSA) is 29.9 Å². The van der Waals surface area contributed by atoms with E-state index >= 15 is 0 Å². The Hall–Kier alpha value is -1.09. The van der Waals surface area contributed by atoms with Gasteiger partial charge in [0.1, 0.15) is 0 Å². The number of imidazole rings is 1. The lowest BCUT2D eigenvalue weighted by molar-refractivity contribution is -0.0975. The van der Waals surface area contributed by atoms with Crippen LogP contribution in [0.4, 0.5) is 0 Å². The van der Waals surface area contributed by atoms with Crippen molar-refractivity contribution >= 4 is 5.70 Å². The van der Waals surface area contributed by atoms with Gasteiger partial charge in [0.25, 0.3) is 0 Å². The van der Waals surface area contributed by atoms with Crippen LogP contribution in [0.25, 0.3) is 5.70 Å². The van der Waals surface area contributed by atoms with Gasteiger partial charge in [0.15, 0.2) is 0 Å². The summed E-state index contributed by atoms with van der Waals surface area (Å²) < 4.78 is 2.30. The highest BCUT2D eigenvalue weighted by atomic mass is 15.1. The van der Waals surface area contributed by atoms with E-state index < -0.39 is 0 Å². The third-order valence-corrected chi connectivity index (χ3v) is 10.3. The van der Waals surface area contributed by atoms with Crippen molar-refractivity contribution in [1.82, 2.24) is 14.9 Å². The maximum atomic E-state index is 4.32. The molecular weight excluding hydrogens is 318 g/mol. The third-order valence-electron chi connectivity index (χ3n) is 10.3. The third kappa shape index (κ3) is 1.60. The Morgan fingerprint density at radius 2 is 2.08 bits per heavy atom. The van der Waals surface area contributed by atoms with Crippen LogP contribution >= 0.6 is 0 Å². The molecule has 0 bridgehead atoms. The fourth-order valence-electron chi connectivity index (χ4n) is 9.08. The number of fused-ring (bicyclic) bond motifs is 4. The minimum atomic E-state index is 0.336. The molecule has 8 atom stereocenters. The van der Waals surface area contributed by atoms with Gasteiger partial charge in [0.05, 0.1) is 6.33 Å². The van der Waals surface area contributed by atoms with Gasteiger partial charge >= 0.3 is 0 Å².